The Hall–Kier alpha value is -2.46. The van der Waals surface area contributed by atoms with Crippen LogP contribution in [0.5, 0.6) is 0 Å². The van der Waals surface area contributed by atoms with Gasteiger partial charge >= 0.3 is 11.8 Å². The second-order valence-electron chi connectivity index (χ2n) is 8.92. The Bertz CT molecular complexity index is 1070. The van der Waals surface area contributed by atoms with Crippen LogP contribution < -0.4 is 5.32 Å². The number of rotatable bonds is 6. The summed E-state index contributed by atoms with van der Waals surface area (Å²) in [5.74, 6) is -0.937. The summed E-state index contributed by atoms with van der Waals surface area (Å²) in [5.41, 5.74) is 1.81. The number of fused-ring (bicyclic) bond motifs is 1. The minimum atomic E-state index is -0.693. The van der Waals surface area contributed by atoms with Crippen molar-refractivity contribution in [2.45, 2.75) is 60.4 Å². The Morgan fingerprint density at radius 2 is 2.09 bits per heavy atom. The molecule has 0 aromatic carbocycles. The Morgan fingerprint density at radius 3 is 2.66 bits per heavy atom. The van der Waals surface area contributed by atoms with E-state index in [9.17, 15) is 19.7 Å². The molecule has 1 aliphatic carbocycles. The number of hydrogen-bond acceptors (Lipinski definition) is 7. The average Bonchev–Trinajstić information content (AvgIpc) is 3.18. The Kier molecular flexibility index (Phi) is 6.94. The van der Waals surface area contributed by atoms with Crippen LogP contribution in [0.25, 0.3) is 0 Å². The lowest BCUT2D eigenvalue weighted by molar-refractivity contribution is -0.389. The topological polar surface area (TPSA) is 116 Å². The van der Waals surface area contributed by atoms with E-state index in [2.05, 4.69) is 31.2 Å². The number of nitro groups is 1. The van der Waals surface area contributed by atoms with Crippen LogP contribution in [0.3, 0.4) is 0 Å². The number of nitrogens with zero attached hydrogens (tertiary/aromatic N) is 3. The number of nitrogens with one attached hydrogen (secondary N) is 1. The number of halogens is 1. The first-order valence-corrected chi connectivity index (χ1v) is 11.6. The molecule has 3 rings (SSSR count). The van der Waals surface area contributed by atoms with E-state index in [4.69, 9.17) is 16.3 Å². The summed E-state index contributed by atoms with van der Waals surface area (Å²) in [6, 6.07) is 0. The molecule has 2 aromatic heterocycles. The number of hydrogen-bond donors (Lipinski definition) is 1. The van der Waals surface area contributed by atoms with E-state index in [0.29, 0.717) is 22.2 Å². The minimum absolute atomic E-state index is 0.102. The Morgan fingerprint density at radius 1 is 1.41 bits per heavy atom. The van der Waals surface area contributed by atoms with Crippen molar-refractivity contribution in [3.8, 4) is 0 Å². The van der Waals surface area contributed by atoms with Gasteiger partial charge in [-0.15, -0.1) is 11.3 Å². The highest BCUT2D eigenvalue weighted by Crippen LogP contribution is 2.44. The van der Waals surface area contributed by atoms with Crippen LogP contribution in [-0.4, -0.2) is 33.2 Å². The molecule has 32 heavy (non-hydrogen) atoms. The van der Waals surface area contributed by atoms with Crippen LogP contribution >= 0.6 is 22.9 Å². The number of carbonyl (C=O) groups excluding carboxylic acids is 2. The van der Waals surface area contributed by atoms with Gasteiger partial charge in [-0.2, -0.15) is 4.68 Å². The highest BCUT2D eigenvalue weighted by atomic mass is 35.5. The molecule has 0 saturated carbocycles. The predicted molar refractivity (Wildman–Crippen MR) is 123 cm³/mol. The maximum absolute atomic E-state index is 12.8. The molecule has 0 spiro atoms. The van der Waals surface area contributed by atoms with Gasteiger partial charge in [-0.3, -0.25) is 4.79 Å². The molecule has 11 heteroatoms. The zero-order valence-corrected chi connectivity index (χ0v) is 20.4. The fourth-order valence-corrected chi connectivity index (χ4v) is 5.45. The number of carbonyl (C=O) groups is 2. The normalized spacial score (nSPS) is 15.9. The third kappa shape index (κ3) is 4.80. The van der Waals surface area contributed by atoms with Crippen molar-refractivity contribution in [2.24, 2.45) is 11.3 Å². The maximum atomic E-state index is 12.8. The van der Waals surface area contributed by atoms with E-state index in [1.54, 1.807) is 13.8 Å². The molecule has 0 bridgehead atoms. The first kappa shape index (κ1) is 24.2. The molecule has 1 aliphatic rings. The number of thiophene rings is 1. The number of amides is 1. The summed E-state index contributed by atoms with van der Waals surface area (Å²) in [6.45, 7) is 9.88. The summed E-state index contributed by atoms with van der Waals surface area (Å²) in [7, 11) is 0. The van der Waals surface area contributed by atoms with Crippen LogP contribution in [0.1, 0.15) is 60.6 Å². The van der Waals surface area contributed by atoms with Crippen molar-refractivity contribution in [1.82, 2.24) is 9.78 Å². The summed E-state index contributed by atoms with van der Waals surface area (Å²) in [6.07, 6.45) is 2.55. The molecule has 0 unspecified atom stereocenters. The summed E-state index contributed by atoms with van der Waals surface area (Å²) >= 11 is 7.35. The quantitative estimate of drug-likeness (QED) is 0.359. The maximum Gasteiger partial charge on any atom is 0.408 e. The van der Waals surface area contributed by atoms with E-state index in [0.717, 1.165) is 29.7 Å². The smallest absolute Gasteiger partial charge is 0.408 e. The number of aromatic nitrogens is 2. The molecule has 1 amide bonds. The molecular formula is C21H27ClN4O5S. The SMILES string of the molecule is CCOC(=O)c1c(NC(=O)Cn2nc([N+](=O)[O-])c(Cl)c2C)sc2c1CC[C@H](C(C)(C)C)C2. The molecular weight excluding hydrogens is 456 g/mol. The van der Waals surface area contributed by atoms with Crippen LogP contribution in [-0.2, 0) is 28.9 Å². The van der Waals surface area contributed by atoms with Gasteiger partial charge in [0.25, 0.3) is 0 Å². The van der Waals surface area contributed by atoms with Crippen LogP contribution in [0, 0.1) is 28.4 Å². The number of ether oxygens (including phenoxy) is 1. The summed E-state index contributed by atoms with van der Waals surface area (Å²) < 4.78 is 6.44. The first-order valence-electron chi connectivity index (χ1n) is 10.4. The third-order valence-electron chi connectivity index (χ3n) is 5.81. The molecule has 0 radical (unpaired) electrons. The molecule has 174 valence electrons. The van der Waals surface area contributed by atoms with Gasteiger partial charge in [0.1, 0.15) is 11.5 Å². The van der Waals surface area contributed by atoms with Gasteiger partial charge in [-0.1, -0.05) is 32.4 Å². The minimum Gasteiger partial charge on any atom is -0.462 e. The van der Waals surface area contributed by atoms with E-state index in [1.165, 1.54) is 16.0 Å². The standard InChI is InChI=1S/C21H27ClN4O5S/c1-6-31-20(28)16-13-8-7-12(21(3,4)5)9-14(13)32-19(16)23-15(27)10-25-11(2)17(22)18(24-25)26(29)30/h12H,6-10H2,1-5H3,(H,23,27)/t12-/m0/s1. The largest absolute Gasteiger partial charge is 0.462 e. The van der Waals surface area contributed by atoms with Crippen molar-refractivity contribution in [3.05, 3.63) is 36.8 Å². The van der Waals surface area contributed by atoms with Gasteiger partial charge in [-0.05, 0) is 54.9 Å². The van der Waals surface area contributed by atoms with E-state index in [-0.39, 0.29) is 23.6 Å². The van der Waals surface area contributed by atoms with Crippen molar-refractivity contribution in [2.75, 3.05) is 11.9 Å². The van der Waals surface area contributed by atoms with Gasteiger partial charge in [-0.25, -0.2) is 4.79 Å². The number of esters is 1. The van der Waals surface area contributed by atoms with Gasteiger partial charge in [0.2, 0.25) is 5.91 Å². The van der Waals surface area contributed by atoms with Crippen LogP contribution in [0.15, 0.2) is 0 Å². The Labute approximate surface area is 195 Å². The second-order valence-corrected chi connectivity index (χ2v) is 10.4. The molecule has 9 nitrogen and oxygen atoms in total. The van der Waals surface area contributed by atoms with Crippen LogP contribution in [0.4, 0.5) is 10.8 Å². The number of anilines is 1. The Balaban J connectivity index is 1.88. The second kappa shape index (κ2) is 9.19. The lowest BCUT2D eigenvalue weighted by Crippen LogP contribution is -2.26. The fourth-order valence-electron chi connectivity index (χ4n) is 3.91. The monoisotopic (exact) mass is 482 g/mol. The van der Waals surface area contributed by atoms with E-state index >= 15 is 0 Å². The van der Waals surface area contributed by atoms with Gasteiger partial charge in [0, 0.05) is 4.88 Å². The summed E-state index contributed by atoms with van der Waals surface area (Å²) in [4.78, 5) is 36.9. The lowest BCUT2D eigenvalue weighted by atomic mass is 9.72. The molecule has 1 atom stereocenters. The molecule has 1 N–H and O–H groups in total. The third-order valence-corrected chi connectivity index (χ3v) is 7.42. The van der Waals surface area contributed by atoms with E-state index in [1.807, 2.05) is 0 Å². The summed E-state index contributed by atoms with van der Waals surface area (Å²) in [5, 5.41) is 18.0. The first-order chi connectivity index (χ1) is 14.9. The van der Waals surface area contributed by atoms with Crippen molar-refractivity contribution < 1.29 is 19.2 Å². The predicted octanol–water partition coefficient (Wildman–Crippen LogP) is 4.78. The highest BCUT2D eigenvalue weighted by molar-refractivity contribution is 7.17. The van der Waals surface area contributed by atoms with Crippen molar-refractivity contribution in [1.29, 1.82) is 0 Å². The fraction of sp³-hybridized carbons (Fsp3) is 0.571. The van der Waals surface area contributed by atoms with Gasteiger partial charge in [0.05, 0.1) is 23.0 Å². The van der Waals surface area contributed by atoms with Crippen molar-refractivity contribution >= 4 is 45.6 Å². The highest BCUT2D eigenvalue weighted by Gasteiger charge is 2.34. The zero-order chi connectivity index (χ0) is 23.8. The molecule has 0 aliphatic heterocycles. The van der Waals surface area contributed by atoms with E-state index < -0.39 is 22.6 Å². The van der Waals surface area contributed by atoms with Crippen LogP contribution in [0.2, 0.25) is 5.02 Å². The molecule has 0 saturated heterocycles. The van der Waals surface area contributed by atoms with Gasteiger partial charge in [0.15, 0.2) is 5.02 Å². The van der Waals surface area contributed by atoms with Gasteiger partial charge < -0.3 is 20.2 Å². The lowest BCUT2D eigenvalue weighted by Gasteiger charge is -2.33. The molecule has 0 fully saturated rings. The molecule has 2 heterocycles. The average molecular weight is 483 g/mol. The molecule has 2 aromatic rings. The van der Waals surface area contributed by atoms with Crippen molar-refractivity contribution in [3.63, 3.8) is 0 Å². The zero-order valence-electron chi connectivity index (χ0n) is 18.8.